The molecule has 0 bridgehead atoms. The molecule has 0 radical (unpaired) electrons. The van der Waals surface area contributed by atoms with Crippen LogP contribution in [0.4, 0.5) is 0 Å². The van der Waals surface area contributed by atoms with Crippen LogP contribution in [0.2, 0.25) is 0 Å². The minimum atomic E-state index is 0.488. The van der Waals surface area contributed by atoms with Crippen LogP contribution in [0.3, 0.4) is 0 Å². The number of nitrogens with one attached hydrogen (secondary N) is 1. The lowest BCUT2D eigenvalue weighted by atomic mass is 9.80. The van der Waals surface area contributed by atoms with Gasteiger partial charge < -0.3 is 5.32 Å². The summed E-state index contributed by atoms with van der Waals surface area (Å²) in [5.74, 6) is 2.83. The van der Waals surface area contributed by atoms with Gasteiger partial charge in [-0.1, -0.05) is 25.1 Å². The van der Waals surface area contributed by atoms with E-state index in [2.05, 4.69) is 26.1 Å². The summed E-state index contributed by atoms with van der Waals surface area (Å²) in [5, 5.41) is 4.77. The van der Waals surface area contributed by atoms with Crippen molar-refractivity contribution in [3.63, 3.8) is 0 Å². The van der Waals surface area contributed by atoms with E-state index in [0.717, 1.165) is 11.8 Å². The molecule has 3 heteroatoms. The van der Waals surface area contributed by atoms with Crippen LogP contribution in [-0.4, -0.2) is 23.0 Å². The number of thioether (sulfide) groups is 1. The maximum absolute atomic E-state index is 4.71. The fourth-order valence-corrected chi connectivity index (χ4v) is 3.24. The molecule has 0 aromatic heterocycles. The SMILES string of the molecule is CC1CSC(NC(C)C2CCC2)=NC1C. The van der Waals surface area contributed by atoms with Gasteiger partial charge in [-0.25, -0.2) is 0 Å². The summed E-state index contributed by atoms with van der Waals surface area (Å²) in [4.78, 5) is 4.71. The van der Waals surface area contributed by atoms with E-state index in [-0.39, 0.29) is 0 Å². The molecule has 3 unspecified atom stereocenters. The molecule has 1 heterocycles. The van der Waals surface area contributed by atoms with Crippen LogP contribution in [0, 0.1) is 11.8 Å². The highest BCUT2D eigenvalue weighted by molar-refractivity contribution is 8.13. The fourth-order valence-electron chi connectivity index (χ4n) is 2.03. The molecule has 3 atom stereocenters. The molecule has 1 N–H and O–H groups in total. The average Bonchev–Trinajstić information content (AvgIpc) is 2.08. The number of hydrogen-bond donors (Lipinski definition) is 1. The summed E-state index contributed by atoms with van der Waals surface area (Å²) < 4.78 is 0. The Morgan fingerprint density at radius 2 is 2.13 bits per heavy atom. The fraction of sp³-hybridized carbons (Fsp3) is 0.917. The van der Waals surface area contributed by atoms with Gasteiger partial charge in [0.25, 0.3) is 0 Å². The van der Waals surface area contributed by atoms with Crippen LogP contribution in [0.15, 0.2) is 4.99 Å². The molecule has 0 saturated heterocycles. The number of rotatable bonds is 2. The topological polar surface area (TPSA) is 24.4 Å². The van der Waals surface area contributed by atoms with Crippen molar-refractivity contribution in [2.75, 3.05) is 5.75 Å². The van der Waals surface area contributed by atoms with E-state index in [1.54, 1.807) is 0 Å². The Morgan fingerprint density at radius 3 is 2.67 bits per heavy atom. The van der Waals surface area contributed by atoms with Gasteiger partial charge in [0.05, 0.1) is 6.04 Å². The van der Waals surface area contributed by atoms with Gasteiger partial charge in [-0.3, -0.25) is 4.99 Å². The first-order valence-electron chi connectivity index (χ1n) is 6.14. The summed E-state index contributed by atoms with van der Waals surface area (Å²) in [6.45, 7) is 6.81. The number of nitrogens with zero attached hydrogens (tertiary/aromatic N) is 1. The number of hydrogen-bond acceptors (Lipinski definition) is 3. The monoisotopic (exact) mass is 226 g/mol. The molecule has 0 amide bonds. The Bertz CT molecular complexity index is 248. The molecule has 1 saturated carbocycles. The predicted molar refractivity (Wildman–Crippen MR) is 68.5 cm³/mol. The first kappa shape index (κ1) is 11.3. The maximum atomic E-state index is 4.71. The molecule has 1 aliphatic heterocycles. The van der Waals surface area contributed by atoms with Gasteiger partial charge in [0.2, 0.25) is 0 Å². The molecular formula is C12H22N2S. The second kappa shape index (κ2) is 4.77. The molecule has 0 aromatic rings. The third-order valence-electron chi connectivity index (χ3n) is 3.84. The van der Waals surface area contributed by atoms with Gasteiger partial charge in [0, 0.05) is 11.8 Å². The highest BCUT2D eigenvalue weighted by atomic mass is 32.2. The lowest BCUT2D eigenvalue weighted by Gasteiger charge is -2.34. The normalized spacial score (nSPS) is 34.2. The Kier molecular flexibility index (Phi) is 3.60. The molecule has 2 nitrogen and oxygen atoms in total. The summed E-state index contributed by atoms with van der Waals surface area (Å²) in [7, 11) is 0. The van der Waals surface area contributed by atoms with Crippen LogP contribution >= 0.6 is 11.8 Å². The van der Waals surface area contributed by atoms with Crippen LogP contribution in [0.1, 0.15) is 40.0 Å². The summed E-state index contributed by atoms with van der Waals surface area (Å²) in [6.07, 6.45) is 4.22. The van der Waals surface area contributed by atoms with E-state index >= 15 is 0 Å². The van der Waals surface area contributed by atoms with Gasteiger partial charge in [-0.2, -0.15) is 0 Å². The second-order valence-electron chi connectivity index (χ2n) is 5.09. The van der Waals surface area contributed by atoms with Crippen molar-refractivity contribution in [3.05, 3.63) is 0 Å². The smallest absolute Gasteiger partial charge is 0.157 e. The van der Waals surface area contributed by atoms with E-state index in [0.29, 0.717) is 12.1 Å². The van der Waals surface area contributed by atoms with Crippen molar-refractivity contribution < 1.29 is 0 Å². The van der Waals surface area contributed by atoms with Crippen LogP contribution in [0.25, 0.3) is 0 Å². The Hall–Kier alpha value is -0.180. The van der Waals surface area contributed by atoms with E-state index in [1.165, 1.54) is 30.2 Å². The molecular weight excluding hydrogens is 204 g/mol. The predicted octanol–water partition coefficient (Wildman–Crippen LogP) is 2.89. The van der Waals surface area contributed by atoms with Gasteiger partial charge in [-0.05, 0) is 38.5 Å². The summed E-state index contributed by atoms with van der Waals surface area (Å²) in [5.41, 5.74) is 0. The third-order valence-corrected chi connectivity index (χ3v) is 5.02. The van der Waals surface area contributed by atoms with Crippen molar-refractivity contribution in [3.8, 4) is 0 Å². The van der Waals surface area contributed by atoms with Crippen LogP contribution in [0.5, 0.6) is 0 Å². The zero-order valence-electron chi connectivity index (χ0n) is 9.99. The van der Waals surface area contributed by atoms with Crippen molar-refractivity contribution in [2.45, 2.75) is 52.1 Å². The maximum Gasteiger partial charge on any atom is 0.157 e. The Morgan fingerprint density at radius 1 is 1.40 bits per heavy atom. The Balaban J connectivity index is 1.85. The van der Waals surface area contributed by atoms with E-state index in [9.17, 15) is 0 Å². The van der Waals surface area contributed by atoms with E-state index < -0.39 is 0 Å². The lowest BCUT2D eigenvalue weighted by molar-refractivity contribution is 0.259. The largest absolute Gasteiger partial charge is 0.362 e. The highest BCUT2D eigenvalue weighted by Gasteiger charge is 2.26. The average molecular weight is 226 g/mol. The zero-order chi connectivity index (χ0) is 10.8. The summed E-state index contributed by atoms with van der Waals surface area (Å²) >= 11 is 1.89. The molecule has 1 fully saturated rings. The van der Waals surface area contributed by atoms with Gasteiger partial charge in [-0.15, -0.1) is 0 Å². The molecule has 0 spiro atoms. The van der Waals surface area contributed by atoms with Crippen molar-refractivity contribution in [1.29, 1.82) is 0 Å². The van der Waals surface area contributed by atoms with Crippen molar-refractivity contribution >= 4 is 16.9 Å². The molecule has 15 heavy (non-hydrogen) atoms. The molecule has 1 aliphatic carbocycles. The molecule has 2 rings (SSSR count). The zero-order valence-corrected chi connectivity index (χ0v) is 10.8. The van der Waals surface area contributed by atoms with Gasteiger partial charge in [0.15, 0.2) is 5.17 Å². The third kappa shape index (κ3) is 2.68. The minimum absolute atomic E-state index is 0.488. The lowest BCUT2D eigenvalue weighted by Crippen LogP contribution is -2.41. The van der Waals surface area contributed by atoms with Crippen molar-refractivity contribution in [2.24, 2.45) is 16.8 Å². The molecule has 2 aliphatic rings. The minimum Gasteiger partial charge on any atom is -0.362 e. The number of amidine groups is 1. The number of aliphatic imine (C=N–C) groups is 1. The standard InChI is InChI=1S/C12H22N2S/c1-8-7-15-12(13-9(8)2)14-10(3)11-5-4-6-11/h8-11H,4-7H2,1-3H3,(H,13,14). The summed E-state index contributed by atoms with van der Waals surface area (Å²) in [6, 6.07) is 1.10. The van der Waals surface area contributed by atoms with E-state index in [4.69, 9.17) is 4.99 Å². The highest BCUT2D eigenvalue weighted by Crippen LogP contribution is 2.30. The first-order valence-corrected chi connectivity index (χ1v) is 7.12. The first-order chi connectivity index (χ1) is 7.16. The van der Waals surface area contributed by atoms with Gasteiger partial charge >= 0.3 is 0 Å². The van der Waals surface area contributed by atoms with Crippen LogP contribution < -0.4 is 5.32 Å². The van der Waals surface area contributed by atoms with E-state index in [1.807, 2.05) is 11.8 Å². The molecule has 86 valence electrons. The van der Waals surface area contributed by atoms with Gasteiger partial charge in [0.1, 0.15) is 0 Å². The second-order valence-corrected chi connectivity index (χ2v) is 6.10. The Labute approximate surface area is 97.3 Å². The van der Waals surface area contributed by atoms with Crippen molar-refractivity contribution in [1.82, 2.24) is 5.32 Å². The van der Waals surface area contributed by atoms with Crippen LogP contribution in [-0.2, 0) is 0 Å². The molecule has 0 aromatic carbocycles. The quantitative estimate of drug-likeness (QED) is 0.783.